The molecule has 0 aliphatic carbocycles. The molecule has 20 heavy (non-hydrogen) atoms. The summed E-state index contributed by atoms with van der Waals surface area (Å²) in [6.45, 7) is 2.07. The van der Waals surface area contributed by atoms with Crippen LogP contribution in [0.25, 0.3) is 0 Å². The number of nitrogens with one attached hydrogen (secondary N) is 1. The van der Waals surface area contributed by atoms with Gasteiger partial charge in [0.05, 0.1) is 26.3 Å². The first-order chi connectivity index (χ1) is 9.78. The molecule has 0 saturated carbocycles. The second-order valence-electron chi connectivity index (χ2n) is 4.53. The van der Waals surface area contributed by atoms with Crippen LogP contribution in [-0.2, 0) is 22.6 Å². The molecule has 1 aromatic heterocycles. The fourth-order valence-electron chi connectivity index (χ4n) is 1.88. The van der Waals surface area contributed by atoms with Crippen molar-refractivity contribution in [3.05, 3.63) is 53.9 Å². The summed E-state index contributed by atoms with van der Waals surface area (Å²) in [4.78, 5) is 11.0. The second-order valence-corrected chi connectivity index (χ2v) is 4.53. The number of methoxy groups -OCH3 is 1. The molecule has 1 heterocycles. The molecule has 0 aliphatic heterocycles. The van der Waals surface area contributed by atoms with E-state index in [1.54, 1.807) is 0 Å². The molecule has 0 saturated heterocycles. The fourth-order valence-corrected chi connectivity index (χ4v) is 1.88. The summed E-state index contributed by atoms with van der Waals surface area (Å²) in [6, 6.07) is 10.2. The summed E-state index contributed by atoms with van der Waals surface area (Å²) in [5.41, 5.74) is 2.33. The van der Waals surface area contributed by atoms with Gasteiger partial charge in [0, 0.05) is 24.8 Å². The molecule has 0 amide bonds. The van der Waals surface area contributed by atoms with E-state index in [4.69, 9.17) is 0 Å². The summed E-state index contributed by atoms with van der Waals surface area (Å²) < 4.78 is 6.49. The highest BCUT2D eigenvalue weighted by atomic mass is 16.5. The zero-order chi connectivity index (χ0) is 14.2. The van der Waals surface area contributed by atoms with Gasteiger partial charge < -0.3 is 10.1 Å². The number of nitrogens with zero attached hydrogens (tertiary/aromatic N) is 2. The van der Waals surface area contributed by atoms with Crippen molar-refractivity contribution in [3.63, 3.8) is 0 Å². The van der Waals surface area contributed by atoms with E-state index in [2.05, 4.69) is 27.3 Å². The highest BCUT2D eigenvalue weighted by molar-refractivity contribution is 5.69. The van der Waals surface area contributed by atoms with Crippen molar-refractivity contribution in [2.24, 2.45) is 0 Å². The lowest BCUT2D eigenvalue weighted by molar-refractivity contribution is -0.140. The maximum absolute atomic E-state index is 11.0. The first-order valence-electron chi connectivity index (χ1n) is 6.60. The van der Waals surface area contributed by atoms with Gasteiger partial charge in [0.1, 0.15) is 0 Å². The Bertz CT molecular complexity index is 537. The third kappa shape index (κ3) is 4.51. The summed E-state index contributed by atoms with van der Waals surface area (Å²) in [7, 11) is 1.40. The van der Waals surface area contributed by atoms with Crippen molar-refractivity contribution in [1.82, 2.24) is 15.1 Å². The Balaban J connectivity index is 1.76. The van der Waals surface area contributed by atoms with E-state index >= 15 is 0 Å². The third-order valence-corrected chi connectivity index (χ3v) is 2.94. The lowest BCUT2D eigenvalue weighted by atomic mass is 10.2. The van der Waals surface area contributed by atoms with Crippen LogP contribution in [0, 0.1) is 0 Å². The van der Waals surface area contributed by atoms with E-state index in [1.807, 2.05) is 35.3 Å². The molecule has 106 valence electrons. The van der Waals surface area contributed by atoms with E-state index < -0.39 is 0 Å². The average Bonchev–Trinajstić information content (AvgIpc) is 2.92. The number of hydrogen-bond acceptors (Lipinski definition) is 4. The zero-order valence-electron chi connectivity index (χ0n) is 11.6. The van der Waals surface area contributed by atoms with Gasteiger partial charge in [0.15, 0.2) is 0 Å². The van der Waals surface area contributed by atoms with Crippen LogP contribution in [0.4, 0.5) is 0 Å². The van der Waals surface area contributed by atoms with Gasteiger partial charge in [-0.3, -0.25) is 9.48 Å². The van der Waals surface area contributed by atoms with Gasteiger partial charge in [-0.1, -0.05) is 30.3 Å². The Morgan fingerprint density at radius 1 is 1.30 bits per heavy atom. The molecule has 2 rings (SSSR count). The Kier molecular flexibility index (Phi) is 5.32. The predicted octanol–water partition coefficient (Wildman–Crippen LogP) is 1.58. The summed E-state index contributed by atoms with van der Waals surface area (Å²) in [5, 5.41) is 7.52. The molecule has 1 N–H and O–H groups in total. The molecule has 5 heteroatoms. The molecule has 2 aromatic rings. The molecule has 0 aliphatic rings. The van der Waals surface area contributed by atoms with Gasteiger partial charge in [0.2, 0.25) is 0 Å². The molecule has 0 spiro atoms. The topological polar surface area (TPSA) is 56.1 Å². The SMILES string of the molecule is COC(=O)CCNCc1cnn(Cc2ccccc2)c1. The third-order valence-electron chi connectivity index (χ3n) is 2.94. The monoisotopic (exact) mass is 273 g/mol. The zero-order valence-corrected chi connectivity index (χ0v) is 11.6. The minimum absolute atomic E-state index is 0.197. The van der Waals surface area contributed by atoms with Crippen molar-refractivity contribution in [1.29, 1.82) is 0 Å². The van der Waals surface area contributed by atoms with Gasteiger partial charge in [-0.25, -0.2) is 0 Å². The van der Waals surface area contributed by atoms with Crippen LogP contribution in [0.1, 0.15) is 17.5 Å². The summed E-state index contributed by atoms with van der Waals surface area (Å²) in [6.07, 6.45) is 4.24. The quantitative estimate of drug-likeness (QED) is 0.615. The van der Waals surface area contributed by atoms with Crippen LogP contribution in [0.2, 0.25) is 0 Å². The van der Waals surface area contributed by atoms with Crippen molar-refractivity contribution in [2.75, 3.05) is 13.7 Å². The first-order valence-corrected chi connectivity index (χ1v) is 6.60. The van der Waals surface area contributed by atoms with Crippen LogP contribution < -0.4 is 5.32 Å². The van der Waals surface area contributed by atoms with Gasteiger partial charge >= 0.3 is 5.97 Å². The van der Waals surface area contributed by atoms with Crippen LogP contribution >= 0.6 is 0 Å². The molecule has 1 aromatic carbocycles. The van der Waals surface area contributed by atoms with Gasteiger partial charge in [-0.15, -0.1) is 0 Å². The highest BCUT2D eigenvalue weighted by Crippen LogP contribution is 2.03. The van der Waals surface area contributed by atoms with Crippen LogP contribution in [0.15, 0.2) is 42.7 Å². The molecule has 0 radical (unpaired) electrons. The molecule has 5 nitrogen and oxygen atoms in total. The minimum Gasteiger partial charge on any atom is -0.469 e. The number of aromatic nitrogens is 2. The smallest absolute Gasteiger partial charge is 0.306 e. The largest absolute Gasteiger partial charge is 0.469 e. The van der Waals surface area contributed by atoms with E-state index in [-0.39, 0.29) is 5.97 Å². The molecular weight excluding hydrogens is 254 g/mol. The van der Waals surface area contributed by atoms with Crippen LogP contribution in [0.3, 0.4) is 0 Å². The summed E-state index contributed by atoms with van der Waals surface area (Å²) >= 11 is 0. The van der Waals surface area contributed by atoms with Crippen molar-refractivity contribution < 1.29 is 9.53 Å². The fraction of sp³-hybridized carbons (Fsp3) is 0.333. The maximum atomic E-state index is 11.0. The van der Waals surface area contributed by atoms with Gasteiger partial charge in [0.25, 0.3) is 0 Å². The number of carbonyl (C=O) groups is 1. The number of esters is 1. The lowest BCUT2D eigenvalue weighted by Crippen LogP contribution is -2.18. The minimum atomic E-state index is -0.197. The van der Waals surface area contributed by atoms with E-state index in [9.17, 15) is 4.79 Å². The molecule has 0 bridgehead atoms. The normalized spacial score (nSPS) is 10.4. The highest BCUT2D eigenvalue weighted by Gasteiger charge is 2.01. The van der Waals surface area contributed by atoms with E-state index in [0.717, 1.165) is 12.1 Å². The number of ether oxygens (including phenoxy) is 1. The van der Waals surface area contributed by atoms with E-state index in [1.165, 1.54) is 12.7 Å². The van der Waals surface area contributed by atoms with Crippen molar-refractivity contribution >= 4 is 5.97 Å². The Labute approximate surface area is 118 Å². The second kappa shape index (κ2) is 7.45. The van der Waals surface area contributed by atoms with Crippen molar-refractivity contribution in [2.45, 2.75) is 19.5 Å². The predicted molar refractivity (Wildman–Crippen MR) is 76.1 cm³/mol. The van der Waals surface area contributed by atoms with Crippen molar-refractivity contribution in [3.8, 4) is 0 Å². The van der Waals surface area contributed by atoms with Crippen LogP contribution in [0.5, 0.6) is 0 Å². The van der Waals surface area contributed by atoms with Gasteiger partial charge in [-0.05, 0) is 5.56 Å². The van der Waals surface area contributed by atoms with Gasteiger partial charge in [-0.2, -0.15) is 5.10 Å². The summed E-state index contributed by atoms with van der Waals surface area (Å²) in [5.74, 6) is -0.197. The number of hydrogen-bond donors (Lipinski definition) is 1. The standard InChI is InChI=1S/C15H19N3O2/c1-20-15(19)7-8-16-9-14-10-17-18(12-14)11-13-5-3-2-4-6-13/h2-6,10,12,16H,7-9,11H2,1H3. The lowest BCUT2D eigenvalue weighted by Gasteiger charge is -2.02. The Morgan fingerprint density at radius 3 is 2.85 bits per heavy atom. The average molecular weight is 273 g/mol. The van der Waals surface area contributed by atoms with E-state index in [0.29, 0.717) is 19.5 Å². The number of benzene rings is 1. The number of carbonyl (C=O) groups excluding carboxylic acids is 1. The first kappa shape index (κ1) is 14.3. The van der Waals surface area contributed by atoms with Crippen LogP contribution in [-0.4, -0.2) is 29.4 Å². The molecule has 0 atom stereocenters. The Morgan fingerprint density at radius 2 is 2.10 bits per heavy atom. The molecule has 0 fully saturated rings. The molecular formula is C15H19N3O2. The molecule has 0 unspecified atom stereocenters. The Hall–Kier alpha value is -2.14. The maximum Gasteiger partial charge on any atom is 0.306 e. The number of rotatable bonds is 7.